The van der Waals surface area contributed by atoms with Gasteiger partial charge < -0.3 is 5.11 Å². The van der Waals surface area contributed by atoms with E-state index in [9.17, 15) is 9.18 Å². The van der Waals surface area contributed by atoms with E-state index in [1.807, 2.05) is 18.0 Å². The third-order valence-electron chi connectivity index (χ3n) is 3.44. The molecule has 1 fully saturated rings. The van der Waals surface area contributed by atoms with E-state index in [1.165, 1.54) is 12.1 Å². The Bertz CT molecular complexity index is 422. The molecule has 1 aliphatic carbocycles. The Hall–Kier alpha value is -1.42. The van der Waals surface area contributed by atoms with Crippen molar-refractivity contribution in [1.82, 2.24) is 4.90 Å². The van der Waals surface area contributed by atoms with Gasteiger partial charge in [-0.2, -0.15) is 0 Å². The number of benzene rings is 1. The maximum absolute atomic E-state index is 13.0. The molecule has 1 aromatic rings. The Morgan fingerprint density at radius 2 is 2.29 bits per heavy atom. The van der Waals surface area contributed by atoms with E-state index in [2.05, 4.69) is 0 Å². The van der Waals surface area contributed by atoms with E-state index in [0.717, 1.165) is 18.4 Å². The third kappa shape index (κ3) is 2.64. The molecular formula is C13H16FNO2. The van der Waals surface area contributed by atoms with E-state index < -0.39 is 5.97 Å². The molecule has 0 aromatic heterocycles. The predicted octanol–water partition coefficient (Wildman–Crippen LogP) is 2.12. The van der Waals surface area contributed by atoms with Gasteiger partial charge in [0.15, 0.2) is 0 Å². The first-order valence-electron chi connectivity index (χ1n) is 5.75. The second-order valence-electron chi connectivity index (χ2n) is 4.63. The summed E-state index contributed by atoms with van der Waals surface area (Å²) in [4.78, 5) is 12.9. The molecular weight excluding hydrogens is 221 g/mol. The summed E-state index contributed by atoms with van der Waals surface area (Å²) < 4.78 is 13.0. The first-order chi connectivity index (χ1) is 8.08. The van der Waals surface area contributed by atoms with Crippen LogP contribution >= 0.6 is 0 Å². The summed E-state index contributed by atoms with van der Waals surface area (Å²) >= 11 is 0. The zero-order chi connectivity index (χ0) is 12.4. The summed E-state index contributed by atoms with van der Waals surface area (Å²) in [5.74, 6) is -1.25. The van der Waals surface area contributed by atoms with Gasteiger partial charge in [0.1, 0.15) is 5.82 Å². The minimum Gasteiger partial charge on any atom is -0.481 e. The molecule has 0 amide bonds. The second-order valence-corrected chi connectivity index (χ2v) is 4.63. The van der Waals surface area contributed by atoms with Crippen molar-refractivity contribution < 1.29 is 14.3 Å². The largest absolute Gasteiger partial charge is 0.481 e. The summed E-state index contributed by atoms with van der Waals surface area (Å²) in [6.45, 7) is 0.589. The lowest BCUT2D eigenvalue weighted by molar-refractivity contribution is -0.148. The van der Waals surface area contributed by atoms with Crippen LogP contribution in [0.3, 0.4) is 0 Å². The van der Waals surface area contributed by atoms with Gasteiger partial charge in [-0.05, 0) is 37.6 Å². The highest BCUT2D eigenvalue weighted by Crippen LogP contribution is 2.32. The van der Waals surface area contributed by atoms with Gasteiger partial charge in [0.25, 0.3) is 0 Å². The molecule has 0 bridgehead atoms. The van der Waals surface area contributed by atoms with Crippen molar-refractivity contribution in [3.63, 3.8) is 0 Å². The molecule has 0 aliphatic heterocycles. The highest BCUT2D eigenvalue weighted by molar-refractivity contribution is 5.72. The Morgan fingerprint density at radius 1 is 1.53 bits per heavy atom. The molecule has 92 valence electrons. The van der Waals surface area contributed by atoms with E-state index in [-0.39, 0.29) is 17.8 Å². The first-order valence-corrected chi connectivity index (χ1v) is 5.75. The SMILES string of the molecule is CN(Cc1cccc(F)c1)C1CCC1C(=O)O. The second kappa shape index (κ2) is 4.84. The van der Waals surface area contributed by atoms with E-state index in [1.54, 1.807) is 6.07 Å². The molecule has 0 radical (unpaired) electrons. The van der Waals surface area contributed by atoms with Crippen molar-refractivity contribution >= 4 is 5.97 Å². The normalized spacial score (nSPS) is 23.5. The van der Waals surface area contributed by atoms with Crippen LogP contribution in [0, 0.1) is 11.7 Å². The van der Waals surface area contributed by atoms with Gasteiger partial charge in [-0.1, -0.05) is 12.1 Å². The number of aliphatic carboxylic acids is 1. The van der Waals surface area contributed by atoms with Crippen molar-refractivity contribution in [2.75, 3.05) is 7.05 Å². The predicted molar refractivity (Wildman–Crippen MR) is 62.0 cm³/mol. The number of rotatable bonds is 4. The van der Waals surface area contributed by atoms with Gasteiger partial charge >= 0.3 is 5.97 Å². The van der Waals surface area contributed by atoms with Crippen molar-refractivity contribution in [3.05, 3.63) is 35.6 Å². The average Bonchev–Trinajstić information content (AvgIpc) is 2.13. The highest BCUT2D eigenvalue weighted by Gasteiger charge is 2.38. The van der Waals surface area contributed by atoms with Crippen LogP contribution in [0.2, 0.25) is 0 Å². The van der Waals surface area contributed by atoms with Crippen molar-refractivity contribution in [2.45, 2.75) is 25.4 Å². The van der Waals surface area contributed by atoms with Crippen LogP contribution in [0.1, 0.15) is 18.4 Å². The van der Waals surface area contributed by atoms with Gasteiger partial charge in [-0.15, -0.1) is 0 Å². The van der Waals surface area contributed by atoms with Crippen LogP contribution in [0.4, 0.5) is 4.39 Å². The Kier molecular flexibility index (Phi) is 3.43. The number of carboxylic acids is 1. The fourth-order valence-electron chi connectivity index (χ4n) is 2.34. The molecule has 1 saturated carbocycles. The van der Waals surface area contributed by atoms with Crippen LogP contribution in [0.25, 0.3) is 0 Å². The molecule has 1 aromatic carbocycles. The zero-order valence-electron chi connectivity index (χ0n) is 9.77. The number of hydrogen-bond donors (Lipinski definition) is 1. The van der Waals surface area contributed by atoms with Gasteiger partial charge in [-0.3, -0.25) is 9.69 Å². The van der Waals surface area contributed by atoms with Crippen LogP contribution in [-0.2, 0) is 11.3 Å². The molecule has 0 heterocycles. The lowest BCUT2D eigenvalue weighted by Gasteiger charge is -2.40. The van der Waals surface area contributed by atoms with E-state index >= 15 is 0 Å². The number of halogens is 1. The highest BCUT2D eigenvalue weighted by atomic mass is 19.1. The maximum Gasteiger partial charge on any atom is 0.308 e. The number of carboxylic acid groups (broad SMARTS) is 1. The standard InChI is InChI=1S/C13H16FNO2/c1-15(12-6-5-11(12)13(16)17)8-9-3-2-4-10(14)7-9/h2-4,7,11-12H,5-6,8H2,1H3,(H,16,17). The molecule has 2 atom stereocenters. The summed E-state index contributed by atoms with van der Waals surface area (Å²) in [6.07, 6.45) is 1.65. The molecule has 0 saturated heterocycles. The van der Waals surface area contributed by atoms with Gasteiger partial charge in [0, 0.05) is 12.6 Å². The summed E-state index contributed by atoms with van der Waals surface area (Å²) in [6, 6.07) is 6.51. The topological polar surface area (TPSA) is 40.5 Å². The lowest BCUT2D eigenvalue weighted by Crippen LogP contribution is -2.48. The van der Waals surface area contributed by atoms with Crippen LogP contribution in [0.15, 0.2) is 24.3 Å². The van der Waals surface area contributed by atoms with Crippen molar-refractivity contribution in [3.8, 4) is 0 Å². The molecule has 3 nitrogen and oxygen atoms in total. The molecule has 2 unspecified atom stereocenters. The monoisotopic (exact) mass is 237 g/mol. The fraction of sp³-hybridized carbons (Fsp3) is 0.462. The smallest absolute Gasteiger partial charge is 0.308 e. The van der Waals surface area contributed by atoms with Gasteiger partial charge in [-0.25, -0.2) is 4.39 Å². The zero-order valence-corrected chi connectivity index (χ0v) is 9.77. The summed E-state index contributed by atoms with van der Waals surface area (Å²) in [5, 5.41) is 8.98. The third-order valence-corrected chi connectivity index (χ3v) is 3.44. The average molecular weight is 237 g/mol. The fourth-order valence-corrected chi connectivity index (χ4v) is 2.34. The Balaban J connectivity index is 1.97. The number of nitrogens with zero attached hydrogens (tertiary/aromatic N) is 1. The molecule has 4 heteroatoms. The Labute approximate surface area is 99.9 Å². The Morgan fingerprint density at radius 3 is 2.82 bits per heavy atom. The molecule has 1 aliphatic rings. The van der Waals surface area contributed by atoms with Crippen LogP contribution in [0.5, 0.6) is 0 Å². The van der Waals surface area contributed by atoms with E-state index in [4.69, 9.17) is 5.11 Å². The molecule has 17 heavy (non-hydrogen) atoms. The van der Waals surface area contributed by atoms with E-state index in [0.29, 0.717) is 6.54 Å². The summed E-state index contributed by atoms with van der Waals surface area (Å²) in [7, 11) is 1.89. The van der Waals surface area contributed by atoms with Crippen LogP contribution < -0.4 is 0 Å². The van der Waals surface area contributed by atoms with Gasteiger partial charge in [0.05, 0.1) is 5.92 Å². The van der Waals surface area contributed by atoms with Gasteiger partial charge in [0.2, 0.25) is 0 Å². The number of hydrogen-bond acceptors (Lipinski definition) is 2. The quantitative estimate of drug-likeness (QED) is 0.872. The minimum absolute atomic E-state index is 0.0794. The molecule has 0 spiro atoms. The first kappa shape index (κ1) is 12.0. The van der Waals surface area contributed by atoms with Crippen molar-refractivity contribution in [1.29, 1.82) is 0 Å². The number of carbonyl (C=O) groups is 1. The minimum atomic E-state index is -0.729. The molecule has 1 N–H and O–H groups in total. The molecule has 2 rings (SSSR count). The van der Waals surface area contributed by atoms with Crippen molar-refractivity contribution in [2.24, 2.45) is 5.92 Å². The van der Waals surface area contributed by atoms with Crippen LogP contribution in [-0.4, -0.2) is 29.1 Å². The maximum atomic E-state index is 13.0. The summed E-state index contributed by atoms with van der Waals surface area (Å²) in [5.41, 5.74) is 0.878. The lowest BCUT2D eigenvalue weighted by atomic mass is 9.78.